The van der Waals surface area contributed by atoms with Crippen molar-refractivity contribution in [3.63, 3.8) is 0 Å². The van der Waals surface area contributed by atoms with Crippen LogP contribution in [0, 0.1) is 23.3 Å². The molecule has 11 heteroatoms. The van der Waals surface area contributed by atoms with Gasteiger partial charge in [-0.2, -0.15) is 5.10 Å². The summed E-state index contributed by atoms with van der Waals surface area (Å²) in [5, 5.41) is 8.04. The Kier molecular flexibility index (Phi) is 4.59. The van der Waals surface area contributed by atoms with Gasteiger partial charge in [0.2, 0.25) is 0 Å². The molecule has 6 nitrogen and oxygen atoms in total. The van der Waals surface area contributed by atoms with Gasteiger partial charge >= 0.3 is 0 Å². The summed E-state index contributed by atoms with van der Waals surface area (Å²) in [5.41, 5.74) is -0.746. The maximum Gasteiger partial charge on any atom is 0.285 e. The Morgan fingerprint density at radius 2 is 1.75 bits per heavy atom. The fourth-order valence-corrected chi connectivity index (χ4v) is 3.55. The van der Waals surface area contributed by atoms with Crippen LogP contribution in [0.5, 0.6) is 0 Å². The zero-order valence-electron chi connectivity index (χ0n) is 13.8. The number of aromatic nitrogens is 5. The molecule has 0 amide bonds. The number of hydrogen-bond donors (Lipinski definition) is 0. The van der Waals surface area contributed by atoms with Gasteiger partial charge in [-0.3, -0.25) is 14.3 Å². The van der Waals surface area contributed by atoms with Crippen LogP contribution in [0.3, 0.4) is 0 Å². The average molecular weight is 407 g/mol. The van der Waals surface area contributed by atoms with Crippen molar-refractivity contribution >= 4 is 17.3 Å². The summed E-state index contributed by atoms with van der Waals surface area (Å²) in [6.45, 7) is 0. The first-order valence-electron chi connectivity index (χ1n) is 7.78. The molecule has 0 bridgehead atoms. The van der Waals surface area contributed by atoms with Crippen molar-refractivity contribution in [3.8, 4) is 5.69 Å². The van der Waals surface area contributed by atoms with E-state index in [1.165, 1.54) is 18.5 Å². The molecule has 0 aliphatic carbocycles. The van der Waals surface area contributed by atoms with E-state index in [4.69, 9.17) is 0 Å². The third kappa shape index (κ3) is 3.24. The minimum Gasteiger partial charge on any atom is -0.266 e. The predicted octanol–water partition coefficient (Wildman–Crippen LogP) is 3.12. The highest BCUT2D eigenvalue weighted by Crippen LogP contribution is 2.26. The topological polar surface area (TPSA) is 65.1 Å². The number of nitrogens with zero attached hydrogens (tertiary/aromatic N) is 5. The number of halogens is 4. The van der Waals surface area contributed by atoms with E-state index in [0.717, 1.165) is 33.2 Å². The van der Waals surface area contributed by atoms with Crippen molar-refractivity contribution in [2.24, 2.45) is 0 Å². The Hall–Kier alpha value is -3.21. The highest BCUT2D eigenvalue weighted by Gasteiger charge is 2.18. The zero-order chi connectivity index (χ0) is 19.8. The standard InChI is InChI=1S/C17H9F4N5OS/c18-9-4-13(20)12(14(21)5-9)8-28-17-24-26-15(1-2-23-26)16(27)25(17)11-3-10(19)6-22-7-11/h1-7H,8H2. The van der Waals surface area contributed by atoms with Crippen molar-refractivity contribution in [3.05, 3.63) is 82.0 Å². The minimum absolute atomic E-state index is 0.00303. The highest BCUT2D eigenvalue weighted by atomic mass is 32.2. The summed E-state index contributed by atoms with van der Waals surface area (Å²) in [4.78, 5) is 16.5. The Bertz CT molecular complexity index is 1230. The molecule has 0 aliphatic heterocycles. The molecule has 142 valence electrons. The summed E-state index contributed by atoms with van der Waals surface area (Å²) in [6, 6.07) is 3.62. The van der Waals surface area contributed by atoms with Crippen LogP contribution in [0.15, 0.2) is 52.8 Å². The molecule has 0 N–H and O–H groups in total. The van der Waals surface area contributed by atoms with E-state index in [-0.39, 0.29) is 27.7 Å². The molecular weight excluding hydrogens is 398 g/mol. The molecule has 3 heterocycles. The number of fused-ring (bicyclic) bond motifs is 1. The van der Waals surface area contributed by atoms with Gasteiger partial charge in [-0.15, -0.1) is 9.73 Å². The number of benzene rings is 1. The number of hydrogen-bond acceptors (Lipinski definition) is 5. The van der Waals surface area contributed by atoms with Gasteiger partial charge in [-0.05, 0) is 6.07 Å². The van der Waals surface area contributed by atoms with Crippen LogP contribution >= 0.6 is 11.8 Å². The zero-order valence-corrected chi connectivity index (χ0v) is 14.6. The average Bonchev–Trinajstić information content (AvgIpc) is 3.10. The molecule has 28 heavy (non-hydrogen) atoms. The third-order valence-corrected chi connectivity index (χ3v) is 4.77. The van der Waals surface area contributed by atoms with E-state index in [9.17, 15) is 22.4 Å². The lowest BCUT2D eigenvalue weighted by Gasteiger charge is -2.12. The summed E-state index contributed by atoms with van der Waals surface area (Å²) in [5.74, 6) is -4.13. The van der Waals surface area contributed by atoms with Gasteiger partial charge in [0.15, 0.2) is 10.7 Å². The predicted molar refractivity (Wildman–Crippen MR) is 92.2 cm³/mol. The Balaban J connectivity index is 1.82. The number of pyridine rings is 1. The SMILES string of the molecule is O=c1c2ccnn2nc(SCc2c(F)cc(F)cc2F)n1-c1cncc(F)c1. The van der Waals surface area contributed by atoms with Crippen LogP contribution in [-0.2, 0) is 5.75 Å². The molecule has 0 saturated carbocycles. The lowest BCUT2D eigenvalue weighted by atomic mass is 10.2. The van der Waals surface area contributed by atoms with Gasteiger partial charge in [0.05, 0.1) is 24.3 Å². The van der Waals surface area contributed by atoms with Crippen molar-refractivity contribution in [1.29, 1.82) is 0 Å². The number of thioether (sulfide) groups is 1. The quantitative estimate of drug-likeness (QED) is 0.384. The fraction of sp³-hybridized carbons (Fsp3) is 0.0588. The van der Waals surface area contributed by atoms with E-state index in [0.29, 0.717) is 12.1 Å². The molecule has 0 fully saturated rings. The van der Waals surface area contributed by atoms with Crippen molar-refractivity contribution in [2.75, 3.05) is 0 Å². The normalized spacial score (nSPS) is 11.3. The van der Waals surface area contributed by atoms with Crippen LogP contribution in [-0.4, -0.2) is 24.4 Å². The second kappa shape index (κ2) is 7.08. The first-order valence-corrected chi connectivity index (χ1v) is 8.77. The van der Waals surface area contributed by atoms with Gasteiger partial charge in [-0.1, -0.05) is 11.8 Å². The Morgan fingerprint density at radius 1 is 1.00 bits per heavy atom. The molecule has 0 spiro atoms. The fourth-order valence-electron chi connectivity index (χ4n) is 2.55. The van der Waals surface area contributed by atoms with E-state index >= 15 is 0 Å². The van der Waals surface area contributed by atoms with Crippen molar-refractivity contribution < 1.29 is 17.6 Å². The second-order valence-corrected chi connectivity index (χ2v) is 6.57. The van der Waals surface area contributed by atoms with Gasteiger partial charge in [0, 0.05) is 29.5 Å². The summed E-state index contributed by atoms with van der Waals surface area (Å²) in [6.07, 6.45) is 3.57. The maximum atomic E-state index is 13.9. The smallest absolute Gasteiger partial charge is 0.266 e. The molecule has 4 rings (SSSR count). The molecule has 0 saturated heterocycles. The van der Waals surface area contributed by atoms with Gasteiger partial charge < -0.3 is 0 Å². The third-order valence-electron chi connectivity index (χ3n) is 3.82. The van der Waals surface area contributed by atoms with Gasteiger partial charge in [-0.25, -0.2) is 17.6 Å². The summed E-state index contributed by atoms with van der Waals surface area (Å²) in [7, 11) is 0. The first kappa shape index (κ1) is 18.2. The van der Waals surface area contributed by atoms with Crippen LogP contribution in [0.2, 0.25) is 0 Å². The van der Waals surface area contributed by atoms with E-state index in [1.807, 2.05) is 0 Å². The first-order chi connectivity index (χ1) is 13.4. The van der Waals surface area contributed by atoms with Crippen LogP contribution in [0.25, 0.3) is 11.2 Å². The maximum absolute atomic E-state index is 13.9. The molecule has 1 aromatic carbocycles. The molecular formula is C17H9F4N5OS. The summed E-state index contributed by atoms with van der Waals surface area (Å²) >= 11 is 0.806. The Morgan fingerprint density at radius 3 is 2.46 bits per heavy atom. The second-order valence-electron chi connectivity index (χ2n) is 5.63. The van der Waals surface area contributed by atoms with Gasteiger partial charge in [0.25, 0.3) is 5.56 Å². The molecule has 4 aromatic rings. The summed E-state index contributed by atoms with van der Waals surface area (Å²) < 4.78 is 56.7. The Labute approximate surface area is 158 Å². The lowest BCUT2D eigenvalue weighted by Crippen LogP contribution is -2.24. The van der Waals surface area contributed by atoms with Gasteiger partial charge in [0.1, 0.15) is 23.3 Å². The molecule has 0 radical (unpaired) electrons. The van der Waals surface area contributed by atoms with E-state index in [2.05, 4.69) is 15.2 Å². The lowest BCUT2D eigenvalue weighted by molar-refractivity contribution is 0.531. The van der Waals surface area contributed by atoms with E-state index in [1.54, 1.807) is 0 Å². The largest absolute Gasteiger partial charge is 0.285 e. The highest BCUT2D eigenvalue weighted by molar-refractivity contribution is 7.98. The number of rotatable bonds is 4. The molecule has 0 atom stereocenters. The van der Waals surface area contributed by atoms with E-state index < -0.39 is 28.8 Å². The van der Waals surface area contributed by atoms with Crippen molar-refractivity contribution in [2.45, 2.75) is 10.9 Å². The molecule has 3 aromatic heterocycles. The van der Waals surface area contributed by atoms with Crippen molar-refractivity contribution in [1.82, 2.24) is 24.4 Å². The minimum atomic E-state index is -1.06. The molecule has 0 aliphatic rings. The van der Waals surface area contributed by atoms with Crippen LogP contribution < -0.4 is 5.56 Å². The van der Waals surface area contributed by atoms with Crippen LogP contribution in [0.4, 0.5) is 17.6 Å². The van der Waals surface area contributed by atoms with Crippen LogP contribution in [0.1, 0.15) is 5.56 Å². The monoisotopic (exact) mass is 407 g/mol. The molecule has 0 unspecified atom stereocenters.